The number of rotatable bonds is 5. The molecule has 0 radical (unpaired) electrons. The van der Waals surface area contributed by atoms with E-state index < -0.39 is 10.8 Å². The highest BCUT2D eigenvalue weighted by Crippen LogP contribution is 2.36. The monoisotopic (exact) mass is 448 g/mol. The Labute approximate surface area is 183 Å². The molecule has 8 nitrogen and oxygen atoms in total. The summed E-state index contributed by atoms with van der Waals surface area (Å²) in [5.41, 5.74) is 0.892. The van der Waals surface area contributed by atoms with Crippen molar-refractivity contribution in [3.63, 3.8) is 0 Å². The van der Waals surface area contributed by atoms with Gasteiger partial charge in [0.15, 0.2) is 0 Å². The first kappa shape index (κ1) is 20.1. The van der Waals surface area contributed by atoms with Crippen LogP contribution in [0.3, 0.4) is 0 Å². The van der Waals surface area contributed by atoms with Crippen molar-refractivity contribution in [3.05, 3.63) is 28.9 Å². The molecule has 10 heteroatoms. The lowest BCUT2D eigenvalue weighted by Crippen LogP contribution is -2.41. The number of aromatic nitrogens is 4. The van der Waals surface area contributed by atoms with E-state index in [4.69, 9.17) is 21.6 Å². The summed E-state index contributed by atoms with van der Waals surface area (Å²) in [6.45, 7) is 1.81. The molecule has 30 heavy (non-hydrogen) atoms. The molecule has 0 bridgehead atoms. The molecule has 5 rings (SSSR count). The van der Waals surface area contributed by atoms with Crippen molar-refractivity contribution in [2.45, 2.75) is 49.0 Å². The van der Waals surface area contributed by atoms with Gasteiger partial charge in [0, 0.05) is 62.1 Å². The van der Waals surface area contributed by atoms with Crippen LogP contribution in [0.25, 0.3) is 0 Å². The van der Waals surface area contributed by atoms with Crippen molar-refractivity contribution in [2.75, 3.05) is 35.7 Å². The highest BCUT2D eigenvalue weighted by molar-refractivity contribution is 7.85. The third kappa shape index (κ3) is 3.78. The van der Waals surface area contributed by atoms with Gasteiger partial charge in [0.2, 0.25) is 5.95 Å². The van der Waals surface area contributed by atoms with E-state index in [9.17, 15) is 9.32 Å². The molecule has 2 aliphatic heterocycles. The van der Waals surface area contributed by atoms with Crippen molar-refractivity contribution < 1.29 is 9.32 Å². The van der Waals surface area contributed by atoms with E-state index in [0.29, 0.717) is 28.5 Å². The Balaban J connectivity index is 1.34. The van der Waals surface area contributed by atoms with E-state index in [1.165, 1.54) is 0 Å². The molecule has 2 N–H and O–H groups in total. The summed E-state index contributed by atoms with van der Waals surface area (Å²) in [7, 11) is -1.06. The van der Waals surface area contributed by atoms with E-state index in [-0.39, 0.29) is 18.6 Å². The fourth-order valence-corrected chi connectivity index (χ4v) is 5.86. The van der Waals surface area contributed by atoms with Crippen LogP contribution in [0.4, 0.5) is 11.8 Å². The Morgan fingerprint density at radius 1 is 1.17 bits per heavy atom. The summed E-state index contributed by atoms with van der Waals surface area (Å²) in [5.74, 6) is 3.38. The number of fused-ring (bicyclic) bond motifs is 1. The van der Waals surface area contributed by atoms with E-state index in [1.807, 2.05) is 0 Å². The lowest BCUT2D eigenvalue weighted by Gasteiger charge is -2.37. The minimum absolute atomic E-state index is 0.168. The van der Waals surface area contributed by atoms with Gasteiger partial charge in [-0.1, -0.05) is 11.6 Å². The largest absolute Gasteiger partial charge is 0.396 e. The average Bonchev–Trinajstić information content (AvgIpc) is 3.13. The van der Waals surface area contributed by atoms with Crippen LogP contribution in [-0.2, 0) is 17.2 Å². The molecule has 3 atom stereocenters. The van der Waals surface area contributed by atoms with Gasteiger partial charge in [-0.2, -0.15) is 4.98 Å². The molecule has 160 valence electrons. The van der Waals surface area contributed by atoms with Crippen molar-refractivity contribution >= 4 is 34.2 Å². The molecule has 2 aromatic heterocycles. The normalized spacial score (nSPS) is 26.3. The van der Waals surface area contributed by atoms with Crippen molar-refractivity contribution in [3.8, 4) is 0 Å². The van der Waals surface area contributed by atoms with E-state index in [0.717, 1.165) is 61.6 Å². The quantitative estimate of drug-likeness (QED) is 0.717. The molecule has 2 unspecified atom stereocenters. The van der Waals surface area contributed by atoms with Gasteiger partial charge in [-0.3, -0.25) is 4.21 Å². The van der Waals surface area contributed by atoms with Crippen LogP contribution in [0.5, 0.6) is 0 Å². The number of nitrogens with one attached hydrogen (secondary N) is 1. The molecule has 2 aromatic rings. The van der Waals surface area contributed by atoms with Crippen molar-refractivity contribution in [1.82, 2.24) is 19.9 Å². The zero-order valence-corrected chi connectivity index (χ0v) is 18.2. The number of aliphatic hydroxyl groups is 1. The minimum atomic E-state index is -1.06. The molecule has 3 aliphatic rings. The third-order valence-electron chi connectivity index (χ3n) is 6.43. The molecule has 1 saturated carbocycles. The Hall–Kier alpha value is -1.84. The van der Waals surface area contributed by atoms with Gasteiger partial charge < -0.3 is 15.3 Å². The average molecular weight is 449 g/mol. The highest BCUT2D eigenvalue weighted by Gasteiger charge is 2.34. The van der Waals surface area contributed by atoms with Gasteiger partial charge in [0.05, 0.1) is 21.5 Å². The first-order chi connectivity index (χ1) is 14.6. The van der Waals surface area contributed by atoms with Gasteiger partial charge >= 0.3 is 0 Å². The fraction of sp³-hybridized carbons (Fsp3) is 0.600. The fourth-order valence-electron chi connectivity index (χ4n) is 4.45. The predicted octanol–water partition coefficient (Wildman–Crippen LogP) is 2.15. The van der Waals surface area contributed by atoms with Gasteiger partial charge in [0.25, 0.3) is 0 Å². The molecule has 1 saturated heterocycles. The first-order valence-electron chi connectivity index (χ1n) is 10.5. The number of nitrogens with zero attached hydrogens (tertiary/aromatic N) is 5. The maximum Gasteiger partial charge on any atom is 0.227 e. The predicted molar refractivity (Wildman–Crippen MR) is 115 cm³/mol. The van der Waals surface area contributed by atoms with E-state index in [2.05, 4.69) is 20.2 Å². The maximum atomic E-state index is 12.5. The molecule has 4 heterocycles. The third-order valence-corrected chi connectivity index (χ3v) is 8.09. The zero-order chi connectivity index (χ0) is 20.7. The second-order valence-electron chi connectivity index (χ2n) is 8.24. The number of piperidine rings is 1. The van der Waals surface area contributed by atoms with Crippen molar-refractivity contribution in [1.29, 1.82) is 0 Å². The second kappa shape index (κ2) is 8.36. The van der Waals surface area contributed by atoms with Crippen LogP contribution in [0, 0.1) is 5.92 Å². The topological polar surface area (TPSA) is 104 Å². The zero-order valence-electron chi connectivity index (χ0n) is 16.6. The lowest BCUT2D eigenvalue weighted by molar-refractivity contribution is 0.147. The first-order valence-corrected chi connectivity index (χ1v) is 12.2. The summed E-state index contributed by atoms with van der Waals surface area (Å²) in [6, 6.07) is 0.187. The number of aryl methyl sites for hydroxylation is 1. The van der Waals surface area contributed by atoms with E-state index >= 15 is 0 Å². The molecule has 0 spiro atoms. The van der Waals surface area contributed by atoms with Gasteiger partial charge in [0.1, 0.15) is 16.5 Å². The van der Waals surface area contributed by atoms with Gasteiger partial charge in [-0.15, -0.1) is 0 Å². The highest BCUT2D eigenvalue weighted by atomic mass is 35.5. The number of hydrogen-bond donors (Lipinski definition) is 2. The summed E-state index contributed by atoms with van der Waals surface area (Å²) < 4.78 is 12.5. The van der Waals surface area contributed by atoms with Crippen LogP contribution >= 0.6 is 11.6 Å². The van der Waals surface area contributed by atoms with Crippen LogP contribution in [-0.4, -0.2) is 60.7 Å². The van der Waals surface area contributed by atoms with Gasteiger partial charge in [-0.25, -0.2) is 15.0 Å². The Morgan fingerprint density at radius 2 is 1.93 bits per heavy atom. The molecule has 1 aliphatic carbocycles. The molecule has 2 fully saturated rings. The maximum absolute atomic E-state index is 12.5. The summed E-state index contributed by atoms with van der Waals surface area (Å²) in [6.07, 6.45) is 7.87. The summed E-state index contributed by atoms with van der Waals surface area (Å²) >= 11 is 5.90. The van der Waals surface area contributed by atoms with Crippen LogP contribution < -0.4 is 10.2 Å². The molecule has 0 amide bonds. The smallest absolute Gasteiger partial charge is 0.227 e. The lowest BCUT2D eigenvalue weighted by atomic mass is 9.80. The van der Waals surface area contributed by atoms with Gasteiger partial charge in [-0.05, 0) is 25.7 Å². The van der Waals surface area contributed by atoms with Crippen LogP contribution in [0.1, 0.15) is 43.1 Å². The molecular formula is C20H25ClN6O2S. The Bertz CT molecular complexity index is 949. The number of anilines is 2. The summed E-state index contributed by atoms with van der Waals surface area (Å²) in [5, 5.41) is 13.5. The standard InChI is InChI=1S/C20H25ClN6O2S/c21-14-9-22-18(23-10-14)12-3-6-27(7-4-12)20-25-16-5-8-30(29)17(16)19(26-20)24-15-2-1-13(15)11-28/h9-10,12-13,15,28H,1-8,11H2,(H,24,25,26)/t13?,15?,30-/m0/s1. The Morgan fingerprint density at radius 3 is 2.60 bits per heavy atom. The SMILES string of the molecule is O=[S@]1CCc2nc(N3CCC(c4ncc(Cl)cn4)CC3)nc(NC3CCC3CO)c21. The van der Waals surface area contributed by atoms with Crippen LogP contribution in [0.15, 0.2) is 17.3 Å². The summed E-state index contributed by atoms with van der Waals surface area (Å²) in [4.78, 5) is 21.3. The minimum Gasteiger partial charge on any atom is -0.396 e. The number of aliphatic hydroxyl groups excluding tert-OH is 1. The molecule has 0 aromatic carbocycles. The Kier molecular flexibility index (Phi) is 5.59. The van der Waals surface area contributed by atoms with Crippen molar-refractivity contribution in [2.24, 2.45) is 5.92 Å². The van der Waals surface area contributed by atoms with Crippen LogP contribution in [0.2, 0.25) is 5.02 Å². The number of halogens is 1. The van der Waals surface area contributed by atoms with E-state index in [1.54, 1.807) is 12.4 Å². The molecular weight excluding hydrogens is 424 g/mol. The number of hydrogen-bond acceptors (Lipinski definition) is 8. The second-order valence-corrected chi connectivity index (χ2v) is 10.2.